The number of nitrogens with two attached hydrogens (primary N) is 1. The lowest BCUT2D eigenvalue weighted by Gasteiger charge is -2.05. The zero-order chi connectivity index (χ0) is 9.84. The average molecular weight is 202 g/mol. The molecule has 5 heteroatoms. The van der Waals surface area contributed by atoms with E-state index in [1.165, 1.54) is 25.2 Å². The van der Waals surface area contributed by atoms with Gasteiger partial charge in [0.15, 0.2) is 5.96 Å². The third-order valence-electron chi connectivity index (χ3n) is 1.43. The largest absolute Gasteiger partial charge is 0.370 e. The van der Waals surface area contributed by atoms with Gasteiger partial charge in [0.25, 0.3) is 0 Å². The predicted molar refractivity (Wildman–Crippen MR) is 52.6 cm³/mol. The third kappa shape index (κ3) is 2.59. The summed E-state index contributed by atoms with van der Waals surface area (Å²) in [6, 6.07) is 4.16. The standard InChI is InChI=1S/C8H9ClFN3/c1-12-8(11)13-7-4-5(9)2-3-6(7)10/h2-4H,1H3,(H3,11,12,13). The number of anilines is 1. The number of hydrogen-bond donors (Lipinski definition) is 2. The van der Waals surface area contributed by atoms with Crippen molar-refractivity contribution in [1.82, 2.24) is 0 Å². The quantitative estimate of drug-likeness (QED) is 0.538. The van der Waals surface area contributed by atoms with E-state index >= 15 is 0 Å². The Hall–Kier alpha value is -1.29. The molecule has 1 aromatic rings. The molecule has 0 amide bonds. The normalized spacial score (nSPS) is 11.5. The average Bonchev–Trinajstić information content (AvgIpc) is 2.11. The lowest BCUT2D eigenvalue weighted by molar-refractivity contribution is 0.632. The van der Waals surface area contributed by atoms with Gasteiger partial charge in [-0.25, -0.2) is 4.39 Å². The summed E-state index contributed by atoms with van der Waals surface area (Å²) in [5, 5.41) is 3.01. The van der Waals surface area contributed by atoms with Gasteiger partial charge in [-0.3, -0.25) is 4.99 Å². The number of rotatable bonds is 1. The molecule has 0 saturated heterocycles. The molecule has 13 heavy (non-hydrogen) atoms. The fraction of sp³-hybridized carbons (Fsp3) is 0.125. The Morgan fingerprint density at radius 3 is 2.92 bits per heavy atom. The zero-order valence-corrected chi connectivity index (χ0v) is 7.77. The summed E-state index contributed by atoms with van der Waals surface area (Å²) in [5.74, 6) is -0.280. The molecule has 70 valence electrons. The van der Waals surface area contributed by atoms with Crippen LogP contribution in [-0.2, 0) is 0 Å². The third-order valence-corrected chi connectivity index (χ3v) is 1.67. The van der Waals surface area contributed by atoms with Crippen LogP contribution in [-0.4, -0.2) is 13.0 Å². The van der Waals surface area contributed by atoms with Crippen molar-refractivity contribution in [3.63, 3.8) is 0 Å². The minimum atomic E-state index is -0.420. The van der Waals surface area contributed by atoms with Crippen LogP contribution in [0.2, 0.25) is 5.02 Å². The Kier molecular flexibility index (Phi) is 3.08. The van der Waals surface area contributed by atoms with Crippen LogP contribution in [0, 0.1) is 5.82 Å². The highest BCUT2D eigenvalue weighted by atomic mass is 35.5. The molecule has 0 saturated carbocycles. The SMILES string of the molecule is CN=C(N)Nc1cc(Cl)ccc1F. The second kappa shape index (κ2) is 4.09. The van der Waals surface area contributed by atoms with Gasteiger partial charge in [0.2, 0.25) is 0 Å². The smallest absolute Gasteiger partial charge is 0.192 e. The molecule has 0 fully saturated rings. The number of nitrogens with zero attached hydrogens (tertiary/aromatic N) is 1. The van der Waals surface area contributed by atoms with E-state index in [0.29, 0.717) is 5.02 Å². The minimum absolute atomic E-state index is 0.140. The molecule has 0 aromatic heterocycles. The van der Waals surface area contributed by atoms with Gasteiger partial charge in [0, 0.05) is 12.1 Å². The number of nitrogens with one attached hydrogen (secondary N) is 1. The van der Waals surface area contributed by atoms with Crippen LogP contribution in [0.3, 0.4) is 0 Å². The maximum atomic E-state index is 13.0. The molecule has 0 aliphatic rings. The highest BCUT2D eigenvalue weighted by Crippen LogP contribution is 2.18. The monoisotopic (exact) mass is 201 g/mol. The fourth-order valence-corrected chi connectivity index (χ4v) is 0.959. The van der Waals surface area contributed by atoms with Crippen molar-refractivity contribution >= 4 is 23.2 Å². The van der Waals surface area contributed by atoms with Crippen LogP contribution in [0.1, 0.15) is 0 Å². The molecular formula is C8H9ClFN3. The maximum absolute atomic E-state index is 13.0. The Labute approximate surface area is 80.4 Å². The van der Waals surface area contributed by atoms with Gasteiger partial charge in [0.05, 0.1) is 5.69 Å². The molecule has 0 radical (unpaired) electrons. The van der Waals surface area contributed by atoms with Crippen molar-refractivity contribution < 1.29 is 4.39 Å². The van der Waals surface area contributed by atoms with Crippen molar-refractivity contribution in [2.24, 2.45) is 10.7 Å². The van der Waals surface area contributed by atoms with E-state index in [2.05, 4.69) is 10.3 Å². The van der Waals surface area contributed by atoms with Crippen molar-refractivity contribution in [2.75, 3.05) is 12.4 Å². The molecule has 0 unspecified atom stereocenters. The number of halogens is 2. The molecule has 1 rings (SSSR count). The van der Waals surface area contributed by atoms with E-state index in [4.69, 9.17) is 17.3 Å². The molecule has 3 N–H and O–H groups in total. The van der Waals surface area contributed by atoms with Crippen molar-refractivity contribution in [1.29, 1.82) is 0 Å². The molecular weight excluding hydrogens is 193 g/mol. The summed E-state index contributed by atoms with van der Waals surface area (Å²) in [6.07, 6.45) is 0. The highest BCUT2D eigenvalue weighted by molar-refractivity contribution is 6.30. The van der Waals surface area contributed by atoms with E-state index in [0.717, 1.165) is 0 Å². The van der Waals surface area contributed by atoms with Crippen molar-refractivity contribution in [3.05, 3.63) is 29.0 Å². The number of hydrogen-bond acceptors (Lipinski definition) is 1. The van der Waals surface area contributed by atoms with Gasteiger partial charge in [-0.15, -0.1) is 0 Å². The number of benzene rings is 1. The molecule has 1 aromatic carbocycles. The molecule has 0 spiro atoms. The minimum Gasteiger partial charge on any atom is -0.370 e. The highest BCUT2D eigenvalue weighted by Gasteiger charge is 2.02. The predicted octanol–water partition coefficient (Wildman–Crippen LogP) is 1.84. The summed E-state index contributed by atoms with van der Waals surface area (Å²) >= 11 is 5.66. The van der Waals surface area contributed by atoms with E-state index in [1.54, 1.807) is 0 Å². The molecule has 0 aliphatic carbocycles. The summed E-state index contributed by atoms with van der Waals surface area (Å²) in [5.41, 5.74) is 5.57. The summed E-state index contributed by atoms with van der Waals surface area (Å²) in [6.45, 7) is 0. The molecule has 0 atom stereocenters. The molecule has 0 aliphatic heterocycles. The first-order valence-corrected chi connectivity index (χ1v) is 3.95. The van der Waals surface area contributed by atoms with Gasteiger partial charge in [-0.05, 0) is 18.2 Å². The Morgan fingerprint density at radius 2 is 2.31 bits per heavy atom. The van der Waals surface area contributed by atoms with Crippen LogP contribution in [0.25, 0.3) is 0 Å². The van der Waals surface area contributed by atoms with Crippen molar-refractivity contribution in [2.45, 2.75) is 0 Å². The van der Waals surface area contributed by atoms with E-state index in [1.807, 2.05) is 0 Å². The summed E-state index contributed by atoms with van der Waals surface area (Å²) in [7, 11) is 1.50. The van der Waals surface area contributed by atoms with Crippen LogP contribution in [0.4, 0.5) is 10.1 Å². The first-order valence-electron chi connectivity index (χ1n) is 3.58. The van der Waals surface area contributed by atoms with Crippen LogP contribution in [0.15, 0.2) is 23.2 Å². The van der Waals surface area contributed by atoms with E-state index in [9.17, 15) is 4.39 Å². The number of aliphatic imine (C=N–C) groups is 1. The second-order valence-electron chi connectivity index (χ2n) is 2.36. The summed E-state index contributed by atoms with van der Waals surface area (Å²) < 4.78 is 13.0. The van der Waals surface area contributed by atoms with Crippen LogP contribution >= 0.6 is 11.6 Å². The molecule has 3 nitrogen and oxygen atoms in total. The topological polar surface area (TPSA) is 50.4 Å². The van der Waals surface area contributed by atoms with Crippen LogP contribution in [0.5, 0.6) is 0 Å². The Morgan fingerprint density at radius 1 is 1.62 bits per heavy atom. The first kappa shape index (κ1) is 9.80. The Bertz CT molecular complexity index is 338. The first-order chi connectivity index (χ1) is 6.13. The van der Waals surface area contributed by atoms with Crippen molar-refractivity contribution in [3.8, 4) is 0 Å². The molecule has 0 bridgehead atoms. The van der Waals surface area contributed by atoms with Gasteiger partial charge >= 0.3 is 0 Å². The van der Waals surface area contributed by atoms with Gasteiger partial charge in [0.1, 0.15) is 5.82 Å². The maximum Gasteiger partial charge on any atom is 0.192 e. The fourth-order valence-electron chi connectivity index (χ4n) is 0.787. The van der Waals surface area contributed by atoms with Gasteiger partial charge < -0.3 is 11.1 Å². The lowest BCUT2D eigenvalue weighted by Crippen LogP contribution is -2.22. The van der Waals surface area contributed by atoms with Gasteiger partial charge in [-0.2, -0.15) is 0 Å². The lowest BCUT2D eigenvalue weighted by atomic mass is 10.3. The van der Waals surface area contributed by atoms with E-state index < -0.39 is 5.82 Å². The number of guanidine groups is 1. The van der Waals surface area contributed by atoms with Crippen LogP contribution < -0.4 is 11.1 Å². The second-order valence-corrected chi connectivity index (χ2v) is 2.79. The van der Waals surface area contributed by atoms with E-state index in [-0.39, 0.29) is 11.6 Å². The Balaban J connectivity index is 2.94. The zero-order valence-electron chi connectivity index (χ0n) is 7.01. The van der Waals surface area contributed by atoms with Gasteiger partial charge in [-0.1, -0.05) is 11.6 Å². The summed E-state index contributed by atoms with van der Waals surface area (Å²) in [4.78, 5) is 3.63. The molecule has 0 heterocycles.